The van der Waals surface area contributed by atoms with Crippen molar-refractivity contribution >= 4 is 21.6 Å². The van der Waals surface area contributed by atoms with Gasteiger partial charge in [-0.3, -0.25) is 5.11 Å². The van der Waals surface area contributed by atoms with Gasteiger partial charge in [0.15, 0.2) is 0 Å². The van der Waals surface area contributed by atoms with E-state index < -0.39 is 0 Å². The molecular weight excluding hydrogens is 170 g/mol. The molecule has 0 saturated heterocycles. The van der Waals surface area contributed by atoms with Gasteiger partial charge in [0, 0.05) is 0 Å². The van der Waals surface area contributed by atoms with E-state index >= 15 is 0 Å². The molecule has 2 aromatic rings. The van der Waals surface area contributed by atoms with Gasteiger partial charge in [-0.25, -0.2) is 4.98 Å². The number of benzene rings is 1. The Balaban J connectivity index is 2.75. The molecule has 0 amide bonds. The standard InChI is InChI=1S/C9H8NOS/c1-2-6-3-7(11)9-8(4-6)12-5-10-9/h3-5H,2H2,1H3. The van der Waals surface area contributed by atoms with E-state index in [2.05, 4.69) is 4.98 Å². The third kappa shape index (κ3) is 1.06. The minimum Gasteiger partial charge on any atom is -0.287 e. The number of rotatable bonds is 1. The second kappa shape index (κ2) is 2.75. The minimum atomic E-state index is 0.0469. The first-order chi connectivity index (χ1) is 5.81. The molecule has 1 heterocycles. The molecule has 0 aliphatic rings. The highest BCUT2D eigenvalue weighted by Gasteiger charge is 2.05. The van der Waals surface area contributed by atoms with Crippen LogP contribution in [0.2, 0.25) is 0 Å². The highest BCUT2D eigenvalue weighted by atomic mass is 32.1. The van der Waals surface area contributed by atoms with E-state index in [9.17, 15) is 5.11 Å². The average molecular weight is 178 g/mol. The van der Waals surface area contributed by atoms with Gasteiger partial charge in [0.2, 0.25) is 5.75 Å². The van der Waals surface area contributed by atoms with Gasteiger partial charge in [-0.1, -0.05) is 6.92 Å². The van der Waals surface area contributed by atoms with E-state index in [0.29, 0.717) is 5.52 Å². The van der Waals surface area contributed by atoms with Crippen LogP contribution in [0.15, 0.2) is 17.6 Å². The number of thiazole rings is 1. The Morgan fingerprint density at radius 1 is 1.50 bits per heavy atom. The van der Waals surface area contributed by atoms with Gasteiger partial charge in [-0.2, -0.15) is 0 Å². The Morgan fingerprint density at radius 3 is 3.08 bits per heavy atom. The van der Waals surface area contributed by atoms with E-state index in [1.807, 2.05) is 13.0 Å². The first-order valence-corrected chi connectivity index (χ1v) is 4.72. The maximum Gasteiger partial charge on any atom is 0.205 e. The zero-order valence-electron chi connectivity index (χ0n) is 6.70. The average Bonchev–Trinajstić information content (AvgIpc) is 2.52. The molecule has 0 fully saturated rings. The third-order valence-corrected chi connectivity index (χ3v) is 2.65. The first kappa shape index (κ1) is 7.55. The Kier molecular flexibility index (Phi) is 1.73. The lowest BCUT2D eigenvalue weighted by molar-refractivity contribution is 0.359. The molecule has 0 unspecified atom stereocenters. The number of fused-ring (bicyclic) bond motifs is 1. The Bertz CT molecular complexity index is 408. The smallest absolute Gasteiger partial charge is 0.205 e. The summed E-state index contributed by atoms with van der Waals surface area (Å²) in [7, 11) is 0. The third-order valence-electron chi connectivity index (χ3n) is 1.87. The van der Waals surface area contributed by atoms with Crippen LogP contribution < -0.4 is 0 Å². The summed E-state index contributed by atoms with van der Waals surface area (Å²) < 4.78 is 0.999. The summed E-state index contributed by atoms with van der Waals surface area (Å²) in [6.45, 7) is 2.04. The van der Waals surface area contributed by atoms with Crippen molar-refractivity contribution in [2.45, 2.75) is 13.3 Å². The highest BCUT2D eigenvalue weighted by molar-refractivity contribution is 7.16. The van der Waals surface area contributed by atoms with Gasteiger partial charge in [0.05, 0.1) is 10.2 Å². The van der Waals surface area contributed by atoms with Crippen LogP contribution in [0.1, 0.15) is 12.5 Å². The maximum absolute atomic E-state index is 11.4. The van der Waals surface area contributed by atoms with Gasteiger partial charge in [0.25, 0.3) is 0 Å². The summed E-state index contributed by atoms with van der Waals surface area (Å²) in [5.41, 5.74) is 3.42. The molecule has 61 valence electrons. The van der Waals surface area contributed by atoms with Gasteiger partial charge in [0.1, 0.15) is 5.52 Å². The largest absolute Gasteiger partial charge is 0.287 e. The van der Waals surface area contributed by atoms with Crippen molar-refractivity contribution in [1.82, 2.24) is 4.98 Å². The topological polar surface area (TPSA) is 32.8 Å². The zero-order chi connectivity index (χ0) is 8.55. The van der Waals surface area contributed by atoms with Crippen molar-refractivity contribution in [3.63, 3.8) is 0 Å². The molecular formula is C9H8NOS. The molecule has 0 atom stereocenters. The monoisotopic (exact) mass is 178 g/mol. The Morgan fingerprint density at radius 2 is 2.33 bits per heavy atom. The maximum atomic E-state index is 11.4. The van der Waals surface area contributed by atoms with Gasteiger partial charge >= 0.3 is 0 Å². The fourth-order valence-corrected chi connectivity index (χ4v) is 1.95. The fraction of sp³-hybridized carbons (Fsp3) is 0.222. The van der Waals surface area contributed by atoms with Crippen LogP contribution in [0.25, 0.3) is 10.2 Å². The summed E-state index contributed by atoms with van der Waals surface area (Å²) >= 11 is 1.52. The first-order valence-electron chi connectivity index (χ1n) is 3.84. The lowest BCUT2D eigenvalue weighted by Gasteiger charge is -1.95. The van der Waals surface area contributed by atoms with Crippen molar-refractivity contribution in [1.29, 1.82) is 0 Å². The predicted octanol–water partition coefficient (Wildman–Crippen LogP) is 3.00. The molecule has 2 nitrogen and oxygen atoms in total. The van der Waals surface area contributed by atoms with Crippen LogP contribution in [-0.4, -0.2) is 4.98 Å². The van der Waals surface area contributed by atoms with Gasteiger partial charge < -0.3 is 0 Å². The van der Waals surface area contributed by atoms with Gasteiger partial charge in [-0.05, 0) is 24.1 Å². The fourth-order valence-electron chi connectivity index (χ4n) is 1.19. The summed E-state index contributed by atoms with van der Waals surface area (Å²) in [5, 5.41) is 11.4. The quantitative estimate of drug-likeness (QED) is 0.660. The molecule has 0 bridgehead atoms. The molecule has 3 heteroatoms. The van der Waals surface area contributed by atoms with E-state index in [0.717, 1.165) is 16.7 Å². The molecule has 1 aromatic heterocycles. The second-order valence-corrected chi connectivity index (χ2v) is 3.53. The van der Waals surface area contributed by atoms with E-state index in [4.69, 9.17) is 0 Å². The van der Waals surface area contributed by atoms with Crippen molar-refractivity contribution in [2.24, 2.45) is 0 Å². The minimum absolute atomic E-state index is 0.0469. The molecule has 1 radical (unpaired) electrons. The van der Waals surface area contributed by atoms with Crippen LogP contribution >= 0.6 is 11.3 Å². The predicted molar refractivity (Wildman–Crippen MR) is 49.1 cm³/mol. The van der Waals surface area contributed by atoms with E-state index in [1.54, 1.807) is 11.6 Å². The molecule has 1 aromatic carbocycles. The summed E-state index contributed by atoms with van der Waals surface area (Å²) in [5.74, 6) is 0.0469. The molecule has 0 N–H and O–H groups in total. The SMILES string of the molecule is CCc1cc([O])c2ncsc2c1. The zero-order valence-corrected chi connectivity index (χ0v) is 7.52. The number of aromatic nitrogens is 1. The van der Waals surface area contributed by atoms with Crippen LogP contribution in [-0.2, 0) is 11.5 Å². The highest BCUT2D eigenvalue weighted by Crippen LogP contribution is 2.28. The normalized spacial score (nSPS) is 10.8. The molecule has 0 spiro atoms. The van der Waals surface area contributed by atoms with Crippen molar-refractivity contribution in [3.8, 4) is 5.75 Å². The summed E-state index contributed by atoms with van der Waals surface area (Å²) in [6, 6.07) is 3.70. The summed E-state index contributed by atoms with van der Waals surface area (Å²) in [4.78, 5) is 4.00. The molecule has 2 rings (SSSR count). The number of hydrogen-bond donors (Lipinski definition) is 0. The number of aryl methyl sites for hydroxylation is 1. The summed E-state index contributed by atoms with van der Waals surface area (Å²) in [6.07, 6.45) is 0.906. The Labute approximate surface area is 74.5 Å². The van der Waals surface area contributed by atoms with Crippen LogP contribution in [0.3, 0.4) is 0 Å². The molecule has 0 aliphatic carbocycles. The van der Waals surface area contributed by atoms with E-state index in [-0.39, 0.29) is 5.75 Å². The van der Waals surface area contributed by atoms with Crippen LogP contribution in [0.4, 0.5) is 0 Å². The lowest BCUT2D eigenvalue weighted by atomic mass is 10.1. The van der Waals surface area contributed by atoms with E-state index in [1.165, 1.54) is 11.3 Å². The molecule has 12 heavy (non-hydrogen) atoms. The van der Waals surface area contributed by atoms with Crippen molar-refractivity contribution < 1.29 is 5.11 Å². The Hall–Kier alpha value is -1.09. The lowest BCUT2D eigenvalue weighted by Crippen LogP contribution is -1.78. The van der Waals surface area contributed by atoms with Crippen molar-refractivity contribution in [3.05, 3.63) is 23.2 Å². The van der Waals surface area contributed by atoms with Gasteiger partial charge in [-0.15, -0.1) is 11.3 Å². The van der Waals surface area contributed by atoms with Crippen LogP contribution in [0.5, 0.6) is 5.75 Å². The van der Waals surface area contributed by atoms with Crippen molar-refractivity contribution in [2.75, 3.05) is 0 Å². The molecule has 0 saturated carbocycles. The van der Waals surface area contributed by atoms with Crippen LogP contribution in [0, 0.1) is 0 Å². The second-order valence-electron chi connectivity index (χ2n) is 2.65. The number of nitrogens with zero attached hydrogens (tertiary/aromatic N) is 1. The molecule has 0 aliphatic heterocycles. The number of hydrogen-bond acceptors (Lipinski definition) is 2.